The Kier molecular flexibility index (Phi) is 9.13. The number of dihydropyridines is 1. The van der Waals surface area contributed by atoms with E-state index in [1.165, 1.54) is 11.0 Å². The van der Waals surface area contributed by atoms with Crippen LogP contribution in [0.3, 0.4) is 0 Å². The molecule has 0 unspecified atom stereocenters. The van der Waals surface area contributed by atoms with Gasteiger partial charge in [0, 0.05) is 103 Å². The molecule has 0 spiro atoms. The lowest BCUT2D eigenvalue weighted by Gasteiger charge is -2.22. The molecule has 0 atom stereocenters. The summed E-state index contributed by atoms with van der Waals surface area (Å²) in [6, 6.07) is 25.5. The summed E-state index contributed by atoms with van der Waals surface area (Å²) in [5.74, 6) is 0. The van der Waals surface area contributed by atoms with E-state index < -0.39 is 0 Å². The van der Waals surface area contributed by atoms with Crippen molar-refractivity contribution < 1.29 is 0 Å². The van der Waals surface area contributed by atoms with E-state index in [2.05, 4.69) is 146 Å². The predicted octanol–water partition coefficient (Wildman–Crippen LogP) is 12.9. The summed E-state index contributed by atoms with van der Waals surface area (Å²) >= 11 is 0. The number of nitrogens with one attached hydrogen (secondary N) is 1. The van der Waals surface area contributed by atoms with E-state index in [4.69, 9.17) is 4.98 Å². The van der Waals surface area contributed by atoms with Crippen LogP contribution in [0.15, 0.2) is 147 Å². The molecule has 60 heavy (non-hydrogen) atoms. The van der Waals surface area contributed by atoms with Crippen LogP contribution in [0.25, 0.3) is 93.5 Å². The SMILES string of the molecule is CC1=CC(c2cc3c(cc2-c2cncc(C)c2)c2cc(-c4cncc(C)c4)c(-c4cncc(C)c4)cc2c2cc(-c4cncc(C)c4)c(-c4cncc(C)c4)cc32)=CNC1. The number of hydrogen-bond acceptors (Lipinski definition) is 6. The maximum Gasteiger partial charge on any atom is 0.0355 e. The maximum atomic E-state index is 4.69. The number of allylic oxidation sites excluding steroid dienone is 2. The molecule has 9 aromatic rings. The topological polar surface area (TPSA) is 76.5 Å². The van der Waals surface area contributed by atoms with Gasteiger partial charge in [-0.05, 0) is 207 Å². The van der Waals surface area contributed by atoms with Gasteiger partial charge in [0.05, 0.1) is 0 Å². The van der Waals surface area contributed by atoms with Crippen molar-refractivity contribution in [1.29, 1.82) is 0 Å². The van der Waals surface area contributed by atoms with Crippen molar-refractivity contribution in [2.75, 3.05) is 6.54 Å². The first-order valence-corrected chi connectivity index (χ1v) is 20.4. The van der Waals surface area contributed by atoms with E-state index >= 15 is 0 Å². The van der Waals surface area contributed by atoms with Crippen molar-refractivity contribution in [2.24, 2.45) is 0 Å². The highest BCUT2D eigenvalue weighted by Gasteiger charge is 2.22. The van der Waals surface area contributed by atoms with Gasteiger partial charge in [0.15, 0.2) is 0 Å². The largest absolute Gasteiger partial charge is 0.387 e. The fourth-order valence-electron chi connectivity index (χ4n) is 8.92. The Morgan fingerprint density at radius 1 is 0.333 bits per heavy atom. The molecule has 1 aliphatic rings. The third-order valence-corrected chi connectivity index (χ3v) is 11.6. The second-order valence-corrected chi connectivity index (χ2v) is 16.6. The first-order valence-electron chi connectivity index (χ1n) is 20.4. The molecule has 10 rings (SSSR count). The van der Waals surface area contributed by atoms with Gasteiger partial charge in [-0.25, -0.2) is 0 Å². The van der Waals surface area contributed by atoms with Gasteiger partial charge >= 0.3 is 0 Å². The molecule has 6 heteroatoms. The number of benzene rings is 4. The summed E-state index contributed by atoms with van der Waals surface area (Å²) in [7, 11) is 0. The molecule has 6 nitrogen and oxygen atoms in total. The smallest absolute Gasteiger partial charge is 0.0355 e. The molecule has 0 amide bonds. The van der Waals surface area contributed by atoms with Crippen LogP contribution >= 0.6 is 0 Å². The normalized spacial score (nSPS) is 12.8. The van der Waals surface area contributed by atoms with Gasteiger partial charge in [-0.1, -0.05) is 11.6 Å². The number of pyridine rings is 5. The van der Waals surface area contributed by atoms with Crippen molar-refractivity contribution >= 4 is 37.9 Å². The van der Waals surface area contributed by atoms with Crippen LogP contribution in [0.5, 0.6) is 0 Å². The molecule has 0 radical (unpaired) electrons. The first kappa shape index (κ1) is 37.0. The molecule has 6 heterocycles. The number of aryl methyl sites for hydroxylation is 5. The summed E-state index contributed by atoms with van der Waals surface area (Å²) in [6.45, 7) is 13.5. The summed E-state index contributed by atoms with van der Waals surface area (Å²) in [5.41, 5.74) is 20.0. The van der Waals surface area contributed by atoms with Gasteiger partial charge in [-0.3, -0.25) is 24.9 Å². The Morgan fingerprint density at radius 2 is 0.600 bits per heavy atom. The average molecular weight is 777 g/mol. The maximum absolute atomic E-state index is 4.69. The lowest BCUT2D eigenvalue weighted by molar-refractivity contribution is 0.925. The Hall–Kier alpha value is -7.31. The van der Waals surface area contributed by atoms with Crippen LogP contribution in [-0.4, -0.2) is 31.5 Å². The van der Waals surface area contributed by atoms with Crippen LogP contribution in [0.2, 0.25) is 0 Å². The van der Waals surface area contributed by atoms with Crippen LogP contribution in [-0.2, 0) is 0 Å². The van der Waals surface area contributed by atoms with Gasteiger partial charge in [0.25, 0.3) is 0 Å². The summed E-state index contributed by atoms with van der Waals surface area (Å²) in [4.78, 5) is 23.4. The number of rotatable bonds is 6. The molecule has 0 bridgehead atoms. The van der Waals surface area contributed by atoms with Gasteiger partial charge in [0.1, 0.15) is 0 Å². The summed E-state index contributed by atoms with van der Waals surface area (Å²) in [5, 5.41) is 10.5. The molecular formula is C54H44N6. The number of nitrogens with zero attached hydrogens (tertiary/aromatic N) is 5. The second-order valence-electron chi connectivity index (χ2n) is 16.6. The third kappa shape index (κ3) is 6.70. The van der Waals surface area contributed by atoms with Crippen molar-refractivity contribution in [2.45, 2.75) is 41.5 Å². The van der Waals surface area contributed by atoms with Crippen molar-refractivity contribution in [3.05, 3.63) is 180 Å². The molecule has 0 aliphatic carbocycles. The second kappa shape index (κ2) is 14.8. The monoisotopic (exact) mass is 776 g/mol. The van der Waals surface area contributed by atoms with E-state index in [-0.39, 0.29) is 0 Å². The lowest BCUT2D eigenvalue weighted by Crippen LogP contribution is -2.13. The summed E-state index contributed by atoms with van der Waals surface area (Å²) in [6.07, 6.45) is 24.0. The lowest BCUT2D eigenvalue weighted by atomic mass is 9.82. The quantitative estimate of drug-likeness (QED) is 0.170. The molecule has 1 N–H and O–H groups in total. The van der Waals surface area contributed by atoms with Gasteiger partial charge in [-0.15, -0.1) is 0 Å². The summed E-state index contributed by atoms with van der Waals surface area (Å²) < 4.78 is 0. The zero-order chi connectivity index (χ0) is 41.1. The van der Waals surface area contributed by atoms with Crippen molar-refractivity contribution in [3.63, 3.8) is 0 Å². The van der Waals surface area contributed by atoms with Gasteiger partial charge in [-0.2, -0.15) is 0 Å². The van der Waals surface area contributed by atoms with Crippen molar-refractivity contribution in [3.8, 4) is 55.6 Å². The van der Waals surface area contributed by atoms with E-state index in [1.807, 2.05) is 62.0 Å². The average Bonchev–Trinajstić information content (AvgIpc) is 3.25. The molecule has 0 saturated heterocycles. The Balaban J connectivity index is 1.43. The molecule has 5 aromatic heterocycles. The highest BCUT2D eigenvalue weighted by Crippen LogP contribution is 2.47. The van der Waals surface area contributed by atoms with E-state index in [1.54, 1.807) is 0 Å². The Labute approximate surface area is 350 Å². The number of fused-ring (bicyclic) bond motifs is 6. The first-order chi connectivity index (χ1) is 29.2. The van der Waals surface area contributed by atoms with Crippen LogP contribution in [0, 0.1) is 34.6 Å². The number of aromatic nitrogens is 5. The third-order valence-electron chi connectivity index (χ3n) is 11.6. The molecule has 290 valence electrons. The Bertz CT molecular complexity index is 3200. The highest BCUT2D eigenvalue weighted by molar-refractivity contribution is 6.29. The standard InChI is InChI=1S/C54H44N6/c1-31-7-37(25-55-19-31)43-13-49-50(14-44(43)38-8-32(2)20-56-26-38)52-16-46(40-10-34(4)22-58-28-40)48(42-12-36(6)24-60-30-42)18-54(52)53-17-47(41-11-35(5)23-59-29-41)45(15-51(49)53)39-9-33(3)21-57-27-39/h7-23,25-30,60H,24H2,1-6H3. The highest BCUT2D eigenvalue weighted by atomic mass is 14.8. The minimum absolute atomic E-state index is 0.825. The van der Waals surface area contributed by atoms with Crippen LogP contribution in [0.1, 0.15) is 40.3 Å². The fourth-order valence-corrected chi connectivity index (χ4v) is 8.92. The number of hydrogen-bond donors (Lipinski definition) is 1. The van der Waals surface area contributed by atoms with E-state index in [0.29, 0.717) is 0 Å². The Morgan fingerprint density at radius 3 is 0.867 bits per heavy atom. The minimum Gasteiger partial charge on any atom is -0.387 e. The predicted molar refractivity (Wildman–Crippen MR) is 249 cm³/mol. The molecule has 4 aromatic carbocycles. The molecule has 0 saturated carbocycles. The zero-order valence-electron chi connectivity index (χ0n) is 34.7. The van der Waals surface area contributed by atoms with Gasteiger partial charge < -0.3 is 5.32 Å². The minimum atomic E-state index is 0.825. The molecule has 1 aliphatic heterocycles. The molecular weight excluding hydrogens is 733 g/mol. The fraction of sp³-hybridized carbons (Fsp3) is 0.130. The van der Waals surface area contributed by atoms with Crippen molar-refractivity contribution in [1.82, 2.24) is 30.2 Å². The van der Waals surface area contributed by atoms with E-state index in [0.717, 1.165) is 128 Å². The van der Waals surface area contributed by atoms with Crippen LogP contribution < -0.4 is 5.32 Å². The van der Waals surface area contributed by atoms with Gasteiger partial charge in [0.2, 0.25) is 0 Å². The zero-order valence-corrected chi connectivity index (χ0v) is 34.7. The van der Waals surface area contributed by atoms with Crippen LogP contribution in [0.4, 0.5) is 0 Å². The molecule has 0 fully saturated rings. The van der Waals surface area contributed by atoms with E-state index in [9.17, 15) is 0 Å².